The summed E-state index contributed by atoms with van der Waals surface area (Å²) < 4.78 is 13.2. The Labute approximate surface area is 125 Å². The predicted octanol–water partition coefficient (Wildman–Crippen LogP) is 2.50. The van der Waals surface area contributed by atoms with Gasteiger partial charge >= 0.3 is 0 Å². The summed E-state index contributed by atoms with van der Waals surface area (Å²) in [5.74, 6) is -0.136. The highest BCUT2D eigenvalue weighted by atomic mass is 19.1. The quantitative estimate of drug-likeness (QED) is 0.903. The summed E-state index contributed by atoms with van der Waals surface area (Å²) in [5.41, 5.74) is 0.766. The van der Waals surface area contributed by atoms with Gasteiger partial charge in [-0.05, 0) is 49.9 Å². The molecule has 3 rings (SSSR count). The van der Waals surface area contributed by atoms with Gasteiger partial charge in [-0.25, -0.2) is 4.39 Å². The predicted molar refractivity (Wildman–Crippen MR) is 80.5 cm³/mol. The van der Waals surface area contributed by atoms with Crippen molar-refractivity contribution in [3.05, 3.63) is 35.6 Å². The number of nitrogens with zero attached hydrogens (tertiary/aromatic N) is 1. The Morgan fingerprint density at radius 1 is 1.29 bits per heavy atom. The summed E-state index contributed by atoms with van der Waals surface area (Å²) in [6, 6.07) is 7.21. The number of amides is 1. The first-order valence-corrected chi connectivity index (χ1v) is 7.99. The van der Waals surface area contributed by atoms with E-state index >= 15 is 0 Å². The maximum atomic E-state index is 13.2. The normalized spacial score (nSPS) is 22.0. The fourth-order valence-electron chi connectivity index (χ4n) is 3.08. The lowest BCUT2D eigenvalue weighted by atomic mass is 10.0. The van der Waals surface area contributed by atoms with Crippen LogP contribution in [0, 0.1) is 5.82 Å². The first kappa shape index (κ1) is 14.5. The third kappa shape index (κ3) is 4.03. The van der Waals surface area contributed by atoms with Gasteiger partial charge < -0.3 is 10.2 Å². The van der Waals surface area contributed by atoms with Crippen molar-refractivity contribution in [2.75, 3.05) is 13.1 Å². The second-order valence-corrected chi connectivity index (χ2v) is 6.23. The van der Waals surface area contributed by atoms with Gasteiger partial charge in [0.2, 0.25) is 5.91 Å². The molecule has 1 aliphatic carbocycles. The summed E-state index contributed by atoms with van der Waals surface area (Å²) in [7, 11) is 0. The zero-order valence-corrected chi connectivity index (χ0v) is 12.4. The minimum atomic E-state index is -0.271. The second-order valence-electron chi connectivity index (χ2n) is 6.23. The molecular formula is C17H23FN2O. The van der Waals surface area contributed by atoms with Crippen molar-refractivity contribution < 1.29 is 9.18 Å². The molecule has 1 amide bonds. The minimum Gasteiger partial charge on any atom is -0.338 e. The number of piperidine rings is 1. The van der Waals surface area contributed by atoms with Crippen LogP contribution < -0.4 is 5.32 Å². The fourth-order valence-corrected chi connectivity index (χ4v) is 3.08. The van der Waals surface area contributed by atoms with Crippen LogP contribution in [0.1, 0.15) is 37.7 Å². The molecule has 0 bridgehead atoms. The highest BCUT2D eigenvalue weighted by Crippen LogP contribution is 2.28. The largest absolute Gasteiger partial charge is 0.338 e. The monoisotopic (exact) mass is 290 g/mol. The van der Waals surface area contributed by atoms with Crippen LogP contribution in [0.25, 0.3) is 0 Å². The molecule has 114 valence electrons. The molecule has 1 aromatic rings. The highest BCUT2D eigenvalue weighted by Gasteiger charge is 2.34. The van der Waals surface area contributed by atoms with Crippen LogP contribution in [0.3, 0.4) is 0 Å². The average molecular weight is 290 g/mol. The third-order valence-corrected chi connectivity index (χ3v) is 4.38. The number of hydrogen-bond acceptors (Lipinski definition) is 2. The van der Waals surface area contributed by atoms with Crippen LogP contribution in [0.2, 0.25) is 0 Å². The van der Waals surface area contributed by atoms with Crippen LogP contribution in [0.15, 0.2) is 24.3 Å². The van der Waals surface area contributed by atoms with Crippen LogP contribution in [0.4, 0.5) is 4.39 Å². The molecule has 2 aliphatic rings. The van der Waals surface area contributed by atoms with E-state index in [0.29, 0.717) is 18.5 Å². The highest BCUT2D eigenvalue weighted by molar-refractivity contribution is 5.79. The third-order valence-electron chi connectivity index (χ3n) is 4.38. The molecule has 1 atom stereocenters. The first-order chi connectivity index (χ1) is 10.2. The van der Waals surface area contributed by atoms with Crippen LogP contribution in [-0.4, -0.2) is 36.0 Å². The van der Waals surface area contributed by atoms with E-state index in [1.165, 1.54) is 25.0 Å². The molecular weight excluding hydrogens is 267 g/mol. The van der Waals surface area contributed by atoms with E-state index in [2.05, 4.69) is 5.32 Å². The molecule has 1 heterocycles. The number of carbonyl (C=O) groups excluding carboxylic acids is 1. The van der Waals surface area contributed by atoms with Crippen molar-refractivity contribution in [1.82, 2.24) is 10.2 Å². The summed E-state index contributed by atoms with van der Waals surface area (Å²) in [6.07, 6.45) is 6.16. The Morgan fingerprint density at radius 2 is 2.14 bits per heavy atom. The second kappa shape index (κ2) is 6.56. The molecule has 0 spiro atoms. The standard InChI is InChI=1S/C17H23FN2O/c18-14-5-3-4-13(10-14)11-17(21)20(16-7-8-16)12-15-6-1-2-9-19-15/h3-5,10,15-16,19H,1-2,6-9,11-12H2. The molecule has 1 aliphatic heterocycles. The summed E-state index contributed by atoms with van der Waals surface area (Å²) in [4.78, 5) is 14.6. The van der Waals surface area contributed by atoms with E-state index in [-0.39, 0.29) is 11.7 Å². The van der Waals surface area contributed by atoms with Crippen LogP contribution >= 0.6 is 0 Å². The molecule has 1 saturated heterocycles. The first-order valence-electron chi connectivity index (χ1n) is 7.99. The molecule has 1 N–H and O–H groups in total. The summed E-state index contributed by atoms with van der Waals surface area (Å²) >= 11 is 0. The Hall–Kier alpha value is -1.42. The smallest absolute Gasteiger partial charge is 0.227 e. The molecule has 0 aromatic heterocycles. The molecule has 1 unspecified atom stereocenters. The van der Waals surface area contributed by atoms with Crippen molar-refractivity contribution in [2.24, 2.45) is 0 Å². The number of halogens is 1. The number of carbonyl (C=O) groups is 1. The Balaban J connectivity index is 1.61. The number of hydrogen-bond donors (Lipinski definition) is 1. The van der Waals surface area contributed by atoms with E-state index < -0.39 is 0 Å². The van der Waals surface area contributed by atoms with E-state index in [4.69, 9.17) is 0 Å². The molecule has 4 heteroatoms. The van der Waals surface area contributed by atoms with Crippen molar-refractivity contribution in [3.63, 3.8) is 0 Å². The number of nitrogens with one attached hydrogen (secondary N) is 1. The average Bonchev–Trinajstić information content (AvgIpc) is 3.30. The van der Waals surface area contributed by atoms with Crippen molar-refractivity contribution in [2.45, 2.75) is 50.6 Å². The number of rotatable bonds is 5. The van der Waals surface area contributed by atoms with Crippen molar-refractivity contribution >= 4 is 5.91 Å². The molecule has 1 aromatic carbocycles. The maximum absolute atomic E-state index is 13.2. The van der Waals surface area contributed by atoms with Gasteiger partial charge in [-0.3, -0.25) is 4.79 Å². The zero-order chi connectivity index (χ0) is 14.7. The Kier molecular flexibility index (Phi) is 4.54. The zero-order valence-electron chi connectivity index (χ0n) is 12.4. The number of benzene rings is 1. The van der Waals surface area contributed by atoms with E-state index in [0.717, 1.165) is 37.9 Å². The molecule has 2 fully saturated rings. The molecule has 3 nitrogen and oxygen atoms in total. The van der Waals surface area contributed by atoms with Crippen LogP contribution in [-0.2, 0) is 11.2 Å². The lowest BCUT2D eigenvalue weighted by Crippen LogP contribution is -2.47. The van der Waals surface area contributed by atoms with E-state index in [9.17, 15) is 9.18 Å². The Morgan fingerprint density at radius 3 is 2.81 bits per heavy atom. The summed E-state index contributed by atoms with van der Waals surface area (Å²) in [5, 5.41) is 3.51. The van der Waals surface area contributed by atoms with E-state index in [1.54, 1.807) is 6.07 Å². The molecule has 1 saturated carbocycles. The van der Waals surface area contributed by atoms with Gasteiger partial charge in [-0.15, -0.1) is 0 Å². The lowest BCUT2D eigenvalue weighted by molar-refractivity contribution is -0.131. The van der Waals surface area contributed by atoms with Gasteiger partial charge in [0.25, 0.3) is 0 Å². The van der Waals surface area contributed by atoms with Crippen molar-refractivity contribution in [1.29, 1.82) is 0 Å². The van der Waals surface area contributed by atoms with Gasteiger partial charge in [0, 0.05) is 18.6 Å². The summed E-state index contributed by atoms with van der Waals surface area (Å²) in [6.45, 7) is 1.86. The minimum absolute atomic E-state index is 0.135. The topological polar surface area (TPSA) is 32.3 Å². The Bertz CT molecular complexity index is 495. The van der Waals surface area contributed by atoms with Gasteiger partial charge in [0.05, 0.1) is 6.42 Å². The van der Waals surface area contributed by atoms with E-state index in [1.807, 2.05) is 11.0 Å². The maximum Gasteiger partial charge on any atom is 0.227 e. The van der Waals surface area contributed by atoms with Gasteiger partial charge in [-0.1, -0.05) is 18.6 Å². The SMILES string of the molecule is O=C(Cc1cccc(F)c1)N(CC1CCCCN1)C1CC1. The van der Waals surface area contributed by atoms with Crippen LogP contribution in [0.5, 0.6) is 0 Å². The van der Waals surface area contributed by atoms with Gasteiger partial charge in [-0.2, -0.15) is 0 Å². The van der Waals surface area contributed by atoms with Crippen molar-refractivity contribution in [3.8, 4) is 0 Å². The molecule has 0 radical (unpaired) electrons. The lowest BCUT2D eigenvalue weighted by Gasteiger charge is -2.31. The molecule has 21 heavy (non-hydrogen) atoms. The fraction of sp³-hybridized carbons (Fsp3) is 0.588. The van der Waals surface area contributed by atoms with Gasteiger partial charge in [0.1, 0.15) is 5.82 Å². The van der Waals surface area contributed by atoms with Gasteiger partial charge in [0.15, 0.2) is 0 Å².